The molecule has 3 aliphatic rings. The molecule has 1 aromatic rings. The fourth-order valence-corrected chi connectivity index (χ4v) is 5.21. The minimum Gasteiger partial charge on any atom is -0.393 e. The zero-order valence-electron chi connectivity index (χ0n) is 22.2. The average molecular weight is 497 g/mol. The van der Waals surface area contributed by atoms with E-state index in [1.165, 1.54) is 0 Å². The Labute approximate surface area is 220 Å². The lowest BCUT2D eigenvalue weighted by Crippen LogP contribution is -2.41. The van der Waals surface area contributed by atoms with Crippen molar-refractivity contribution < 1.29 is 10.2 Å². The van der Waals surface area contributed by atoms with Crippen molar-refractivity contribution in [3.63, 3.8) is 0 Å². The van der Waals surface area contributed by atoms with Crippen LogP contribution >= 0.6 is 0 Å². The van der Waals surface area contributed by atoms with Crippen molar-refractivity contribution >= 4 is 17.5 Å². The lowest BCUT2D eigenvalue weighted by atomic mass is 9.72. The van der Waals surface area contributed by atoms with E-state index >= 15 is 0 Å². The second-order valence-electron chi connectivity index (χ2n) is 10.2. The topological polar surface area (TPSA) is 69.5 Å². The molecule has 3 unspecified atom stereocenters. The molecular formula is C32H38N3O2+. The van der Waals surface area contributed by atoms with Gasteiger partial charge in [-0.15, -0.1) is 0 Å². The van der Waals surface area contributed by atoms with Gasteiger partial charge in [0.05, 0.1) is 23.8 Å². The lowest BCUT2D eigenvalue weighted by Gasteiger charge is -2.37. The zero-order chi connectivity index (χ0) is 26.3. The maximum absolute atomic E-state index is 10.6. The molecule has 5 nitrogen and oxygen atoms in total. The maximum atomic E-state index is 10.6. The number of nitrogens with zero attached hydrogens (tertiary/aromatic N) is 3. The molecule has 0 amide bonds. The third-order valence-electron chi connectivity index (χ3n) is 7.59. The van der Waals surface area contributed by atoms with Crippen molar-refractivity contribution in [2.24, 2.45) is 21.8 Å². The molecule has 0 saturated heterocycles. The molecule has 2 N–H and O–H groups in total. The molecule has 2 aliphatic heterocycles. The van der Waals surface area contributed by atoms with Crippen LogP contribution in [0.4, 0.5) is 0 Å². The minimum absolute atomic E-state index is 0.174. The quantitative estimate of drug-likeness (QED) is 0.422. The van der Waals surface area contributed by atoms with Crippen LogP contribution in [0.5, 0.6) is 0 Å². The van der Waals surface area contributed by atoms with E-state index in [4.69, 9.17) is 4.99 Å². The first-order valence-electron chi connectivity index (χ1n) is 13.3. The number of aliphatic hydroxyl groups is 2. The molecule has 0 bridgehead atoms. The molecule has 0 spiro atoms. The molecular weight excluding hydrogens is 458 g/mol. The minimum atomic E-state index is -0.957. The van der Waals surface area contributed by atoms with Crippen molar-refractivity contribution in [3.8, 4) is 6.07 Å². The van der Waals surface area contributed by atoms with Crippen molar-refractivity contribution in [2.45, 2.75) is 58.5 Å². The number of rotatable bonds is 7. The third-order valence-corrected chi connectivity index (χ3v) is 7.59. The number of benzene rings is 1. The van der Waals surface area contributed by atoms with E-state index in [0.717, 1.165) is 58.5 Å². The summed E-state index contributed by atoms with van der Waals surface area (Å²) in [5.41, 5.74) is 6.27. The summed E-state index contributed by atoms with van der Waals surface area (Å²) in [7, 11) is 0. The lowest BCUT2D eigenvalue weighted by molar-refractivity contribution is -0.0618. The van der Waals surface area contributed by atoms with Crippen LogP contribution in [0.1, 0.15) is 64.0 Å². The molecule has 37 heavy (non-hydrogen) atoms. The molecule has 0 aromatic heterocycles. The molecule has 1 aromatic carbocycles. The van der Waals surface area contributed by atoms with Crippen molar-refractivity contribution in [3.05, 3.63) is 93.7 Å². The van der Waals surface area contributed by atoms with E-state index in [1.807, 2.05) is 39.3 Å². The van der Waals surface area contributed by atoms with Gasteiger partial charge in [0, 0.05) is 30.1 Å². The molecule has 192 valence electrons. The molecule has 4 rings (SSSR count). The van der Waals surface area contributed by atoms with Gasteiger partial charge in [0.25, 0.3) is 6.54 Å². The highest BCUT2D eigenvalue weighted by Gasteiger charge is 2.39. The van der Waals surface area contributed by atoms with Gasteiger partial charge in [-0.3, -0.25) is 9.98 Å². The number of aliphatic imine (C=N–C) groups is 2. The summed E-state index contributed by atoms with van der Waals surface area (Å²) in [4.78, 5) is 13.9. The van der Waals surface area contributed by atoms with E-state index in [-0.39, 0.29) is 12.5 Å². The van der Waals surface area contributed by atoms with Crippen LogP contribution in [0.15, 0.2) is 87.7 Å². The predicted octanol–water partition coefficient (Wildman–Crippen LogP) is 6.52. The molecule has 1 aliphatic carbocycles. The predicted molar refractivity (Wildman–Crippen MR) is 154 cm³/mol. The van der Waals surface area contributed by atoms with Gasteiger partial charge in [-0.05, 0) is 68.7 Å². The maximum Gasteiger partial charge on any atom is 0.311 e. The van der Waals surface area contributed by atoms with E-state index in [2.05, 4.69) is 64.5 Å². The molecule has 3 atom stereocenters. The number of hydrogen-bond acceptors (Lipinski definition) is 4. The Balaban J connectivity index is 1.55. The average Bonchev–Trinajstić information content (AvgIpc) is 3.20. The number of hydrogen-bond donors (Lipinski definition) is 2. The highest BCUT2D eigenvalue weighted by molar-refractivity contribution is 6.11. The van der Waals surface area contributed by atoms with Crippen molar-refractivity contribution in [1.29, 1.82) is 0 Å². The van der Waals surface area contributed by atoms with Crippen molar-refractivity contribution in [2.75, 3.05) is 13.2 Å². The monoisotopic (exact) mass is 496 g/mol. The molecule has 1 saturated carbocycles. The van der Waals surface area contributed by atoms with Gasteiger partial charge in [-0.25, -0.2) is 0 Å². The standard InChI is InChI=1S/C32H38N3O2/c1-4-23(3)34-20-24(5-2)25-9-6-10-26(15-25)31-13-7-11-28(21-35-31)30-16-29(18-33-19-30)27-12-8-14-32(37,17-27)22-36/h4-7,9-11,15-16,20-21,27,29,36-37H,8,12-14,17-18,22H2,1-3H3/q+1. The fraction of sp³-hybridized carbons (Fsp3) is 0.406. The van der Waals surface area contributed by atoms with Crippen molar-refractivity contribution in [1.82, 2.24) is 0 Å². The van der Waals surface area contributed by atoms with Gasteiger partial charge in [-0.1, -0.05) is 59.8 Å². The first-order valence-corrected chi connectivity index (χ1v) is 13.3. The summed E-state index contributed by atoms with van der Waals surface area (Å²) in [5.74, 6) is 0.546. The largest absolute Gasteiger partial charge is 0.393 e. The van der Waals surface area contributed by atoms with Gasteiger partial charge in [0.1, 0.15) is 5.57 Å². The molecule has 0 radical (unpaired) electrons. The Morgan fingerprint density at radius 1 is 1.30 bits per heavy atom. The summed E-state index contributed by atoms with van der Waals surface area (Å²) in [6.45, 7) is 6.51. The van der Waals surface area contributed by atoms with Gasteiger partial charge < -0.3 is 10.2 Å². The SMILES string of the molecule is CC=C(C)N=CC(=CC)c1cccc(C2=NC=C(C3=CC(C4CCCC(O)(CO)C4)C[N+]#C3)C=CC2)c1. The summed E-state index contributed by atoms with van der Waals surface area (Å²) in [6, 6.07) is 11.6. The number of allylic oxidation sites excluding steroid dienone is 8. The molecule has 2 heterocycles. The van der Waals surface area contributed by atoms with Gasteiger partial charge in [0.2, 0.25) is 0 Å². The third kappa shape index (κ3) is 6.71. The van der Waals surface area contributed by atoms with Gasteiger partial charge in [0.15, 0.2) is 0 Å². The smallest absolute Gasteiger partial charge is 0.311 e. The van der Waals surface area contributed by atoms with Crippen LogP contribution in [0, 0.1) is 17.9 Å². The van der Waals surface area contributed by atoms with Gasteiger partial charge >= 0.3 is 6.07 Å². The Hall–Kier alpha value is -3.33. The fourth-order valence-electron chi connectivity index (χ4n) is 5.21. The highest BCUT2D eigenvalue weighted by atomic mass is 16.3. The summed E-state index contributed by atoms with van der Waals surface area (Å²) < 4.78 is 0. The molecule has 5 heteroatoms. The van der Waals surface area contributed by atoms with E-state index in [9.17, 15) is 10.2 Å². The first kappa shape index (κ1) is 26.7. The Bertz CT molecular complexity index is 1280. The van der Waals surface area contributed by atoms with Gasteiger partial charge in [-0.2, -0.15) is 0 Å². The van der Waals surface area contributed by atoms with Crippen LogP contribution in [-0.2, 0) is 0 Å². The van der Waals surface area contributed by atoms with Crippen LogP contribution in [-0.4, -0.2) is 40.9 Å². The second kappa shape index (κ2) is 12.3. The van der Waals surface area contributed by atoms with Crippen LogP contribution in [0.2, 0.25) is 0 Å². The van der Waals surface area contributed by atoms with E-state index < -0.39 is 5.60 Å². The second-order valence-corrected chi connectivity index (χ2v) is 10.2. The normalized spacial score (nSPS) is 26.7. The van der Waals surface area contributed by atoms with E-state index in [0.29, 0.717) is 25.3 Å². The Kier molecular flexibility index (Phi) is 8.87. The molecule has 1 fully saturated rings. The summed E-state index contributed by atoms with van der Waals surface area (Å²) >= 11 is 0. The summed E-state index contributed by atoms with van der Waals surface area (Å²) in [5, 5.41) is 20.3. The number of aliphatic hydroxyl groups excluding tert-OH is 1. The Morgan fingerprint density at radius 2 is 2.16 bits per heavy atom. The van der Waals surface area contributed by atoms with E-state index in [1.54, 1.807) is 0 Å². The van der Waals surface area contributed by atoms with Crippen LogP contribution < -0.4 is 0 Å². The Morgan fingerprint density at radius 3 is 2.95 bits per heavy atom. The zero-order valence-corrected chi connectivity index (χ0v) is 22.2. The highest BCUT2D eigenvalue weighted by Crippen LogP contribution is 2.38. The van der Waals surface area contributed by atoms with Crippen LogP contribution in [0.25, 0.3) is 10.4 Å². The first-order chi connectivity index (χ1) is 17.9. The van der Waals surface area contributed by atoms with Crippen LogP contribution in [0.3, 0.4) is 0 Å². The summed E-state index contributed by atoms with van der Waals surface area (Å²) in [6.07, 6.45) is 18.4.